The van der Waals surface area contributed by atoms with Crippen LogP contribution in [0.1, 0.15) is 23.1 Å². The van der Waals surface area contributed by atoms with Gasteiger partial charge in [-0.2, -0.15) is 5.26 Å². The highest BCUT2D eigenvalue weighted by Crippen LogP contribution is 2.13. The van der Waals surface area contributed by atoms with Crippen LogP contribution in [0.3, 0.4) is 0 Å². The van der Waals surface area contributed by atoms with Crippen LogP contribution in [0.15, 0.2) is 23.8 Å². The van der Waals surface area contributed by atoms with Crippen molar-refractivity contribution in [2.75, 3.05) is 20.3 Å². The summed E-state index contributed by atoms with van der Waals surface area (Å²) in [7, 11) is 1.61. The minimum Gasteiger partial charge on any atom is -0.385 e. The number of aryl methyl sites for hydroxylation is 2. The van der Waals surface area contributed by atoms with Crippen molar-refractivity contribution in [2.45, 2.75) is 20.3 Å². The number of carbonyl (C=O) groups excluding carboxylic acids is 1. The molecule has 0 bridgehead atoms. The van der Waals surface area contributed by atoms with E-state index < -0.39 is 0 Å². The molecule has 0 atom stereocenters. The van der Waals surface area contributed by atoms with Crippen LogP contribution < -0.4 is 5.32 Å². The van der Waals surface area contributed by atoms with Crippen LogP contribution in [0.25, 0.3) is 6.08 Å². The van der Waals surface area contributed by atoms with Crippen LogP contribution >= 0.6 is 0 Å². The van der Waals surface area contributed by atoms with Crippen LogP contribution in [0.5, 0.6) is 0 Å². The van der Waals surface area contributed by atoms with Crippen molar-refractivity contribution < 1.29 is 9.53 Å². The molecule has 0 spiro atoms. The Morgan fingerprint density at radius 3 is 2.75 bits per heavy atom. The van der Waals surface area contributed by atoms with E-state index in [9.17, 15) is 4.79 Å². The standard InChI is InChI=1S/C16H20N2O2/c1-12-5-6-14(9-13(12)2)10-15(11-17)16(19)18-7-4-8-20-3/h5-6,9-10H,4,7-8H2,1-3H3,(H,18,19)/b15-10+. The van der Waals surface area contributed by atoms with Gasteiger partial charge in [-0.1, -0.05) is 18.2 Å². The third-order valence-electron chi connectivity index (χ3n) is 3.02. The minimum absolute atomic E-state index is 0.116. The third kappa shape index (κ3) is 4.87. The molecule has 0 aliphatic heterocycles. The zero-order valence-corrected chi connectivity index (χ0v) is 12.2. The van der Waals surface area contributed by atoms with Crippen LogP contribution in [-0.2, 0) is 9.53 Å². The number of methoxy groups -OCH3 is 1. The second kappa shape index (κ2) is 8.13. The number of rotatable bonds is 6. The van der Waals surface area contributed by atoms with E-state index in [1.165, 1.54) is 5.56 Å². The van der Waals surface area contributed by atoms with Gasteiger partial charge in [0.15, 0.2) is 0 Å². The van der Waals surface area contributed by atoms with Gasteiger partial charge in [0, 0.05) is 20.3 Å². The Balaban J connectivity index is 2.74. The van der Waals surface area contributed by atoms with Gasteiger partial charge >= 0.3 is 0 Å². The van der Waals surface area contributed by atoms with Crippen molar-refractivity contribution in [3.05, 3.63) is 40.5 Å². The lowest BCUT2D eigenvalue weighted by Gasteiger charge is -2.05. The Bertz CT molecular complexity index is 542. The van der Waals surface area contributed by atoms with Gasteiger partial charge in [0.2, 0.25) is 0 Å². The van der Waals surface area contributed by atoms with Crippen molar-refractivity contribution in [2.24, 2.45) is 0 Å². The first-order valence-electron chi connectivity index (χ1n) is 6.54. The molecule has 0 aliphatic rings. The fourth-order valence-electron chi connectivity index (χ4n) is 1.68. The topological polar surface area (TPSA) is 62.1 Å². The molecular formula is C16H20N2O2. The Hall–Kier alpha value is -2.12. The Morgan fingerprint density at radius 1 is 1.40 bits per heavy atom. The van der Waals surface area contributed by atoms with Crippen molar-refractivity contribution in [1.29, 1.82) is 5.26 Å². The number of carbonyl (C=O) groups is 1. The zero-order chi connectivity index (χ0) is 15.0. The molecule has 0 heterocycles. The summed E-state index contributed by atoms with van der Waals surface area (Å²) in [5.41, 5.74) is 3.29. The van der Waals surface area contributed by atoms with Gasteiger partial charge in [-0.15, -0.1) is 0 Å². The molecule has 1 N–H and O–H groups in total. The smallest absolute Gasteiger partial charge is 0.261 e. The molecule has 1 amide bonds. The summed E-state index contributed by atoms with van der Waals surface area (Å²) < 4.78 is 4.90. The molecular weight excluding hydrogens is 252 g/mol. The summed E-state index contributed by atoms with van der Waals surface area (Å²) >= 11 is 0. The van der Waals surface area contributed by atoms with Gasteiger partial charge in [0.1, 0.15) is 11.6 Å². The number of ether oxygens (including phenoxy) is 1. The summed E-state index contributed by atoms with van der Waals surface area (Å²) in [5.74, 6) is -0.346. The second-order valence-electron chi connectivity index (χ2n) is 4.62. The maximum Gasteiger partial charge on any atom is 0.261 e. The van der Waals surface area contributed by atoms with Crippen molar-refractivity contribution in [3.8, 4) is 6.07 Å². The molecule has 0 fully saturated rings. The number of nitriles is 1. The fourth-order valence-corrected chi connectivity index (χ4v) is 1.68. The average Bonchev–Trinajstić information content (AvgIpc) is 2.44. The molecule has 1 aromatic carbocycles. The van der Waals surface area contributed by atoms with E-state index in [2.05, 4.69) is 5.32 Å². The van der Waals surface area contributed by atoms with Crippen LogP contribution in [-0.4, -0.2) is 26.2 Å². The van der Waals surface area contributed by atoms with E-state index >= 15 is 0 Å². The summed E-state index contributed by atoms with van der Waals surface area (Å²) in [6.45, 7) is 5.11. The lowest BCUT2D eigenvalue weighted by molar-refractivity contribution is -0.117. The van der Waals surface area contributed by atoms with Gasteiger partial charge in [-0.25, -0.2) is 0 Å². The Kier molecular flexibility index (Phi) is 6.48. The van der Waals surface area contributed by atoms with E-state index in [0.717, 1.165) is 17.5 Å². The molecule has 0 saturated heterocycles. The number of nitrogens with zero attached hydrogens (tertiary/aromatic N) is 1. The second-order valence-corrected chi connectivity index (χ2v) is 4.62. The monoisotopic (exact) mass is 272 g/mol. The van der Waals surface area contributed by atoms with E-state index in [4.69, 9.17) is 10.00 Å². The summed E-state index contributed by atoms with van der Waals surface area (Å²) in [4.78, 5) is 11.9. The molecule has 4 heteroatoms. The van der Waals surface area contributed by atoms with E-state index in [-0.39, 0.29) is 11.5 Å². The van der Waals surface area contributed by atoms with Gasteiger partial charge in [0.05, 0.1) is 0 Å². The lowest BCUT2D eigenvalue weighted by Crippen LogP contribution is -2.26. The quantitative estimate of drug-likeness (QED) is 0.491. The summed E-state index contributed by atoms with van der Waals surface area (Å²) in [6.07, 6.45) is 2.34. The highest BCUT2D eigenvalue weighted by atomic mass is 16.5. The molecule has 106 valence electrons. The maximum absolute atomic E-state index is 11.9. The first-order valence-corrected chi connectivity index (χ1v) is 6.54. The highest BCUT2D eigenvalue weighted by Gasteiger charge is 2.08. The SMILES string of the molecule is COCCCNC(=O)/C(C#N)=C/c1ccc(C)c(C)c1. The zero-order valence-electron chi connectivity index (χ0n) is 12.2. The van der Waals surface area contributed by atoms with Crippen LogP contribution in [0.4, 0.5) is 0 Å². The number of benzene rings is 1. The highest BCUT2D eigenvalue weighted by molar-refractivity contribution is 6.01. The minimum atomic E-state index is -0.346. The molecule has 1 aromatic rings. The molecule has 1 rings (SSSR count). The summed E-state index contributed by atoms with van der Waals surface area (Å²) in [5, 5.41) is 11.8. The number of hydrogen-bond donors (Lipinski definition) is 1. The number of amides is 1. The third-order valence-corrected chi connectivity index (χ3v) is 3.02. The van der Waals surface area contributed by atoms with Gasteiger partial charge in [-0.05, 0) is 43.0 Å². The fraction of sp³-hybridized carbons (Fsp3) is 0.375. The van der Waals surface area contributed by atoms with Crippen LogP contribution in [0, 0.1) is 25.2 Å². The number of nitrogens with one attached hydrogen (secondary N) is 1. The average molecular weight is 272 g/mol. The Labute approximate surface area is 120 Å². The first kappa shape index (κ1) is 15.9. The summed E-state index contributed by atoms with van der Waals surface area (Å²) in [6, 6.07) is 7.79. The van der Waals surface area contributed by atoms with Crippen molar-refractivity contribution in [1.82, 2.24) is 5.32 Å². The molecule has 0 unspecified atom stereocenters. The van der Waals surface area contributed by atoms with Crippen LogP contribution in [0.2, 0.25) is 0 Å². The lowest BCUT2D eigenvalue weighted by atomic mass is 10.0. The Morgan fingerprint density at radius 2 is 2.15 bits per heavy atom. The van der Waals surface area contributed by atoms with E-state index in [1.807, 2.05) is 38.1 Å². The van der Waals surface area contributed by atoms with Gasteiger partial charge in [-0.3, -0.25) is 4.79 Å². The van der Waals surface area contributed by atoms with Gasteiger partial charge < -0.3 is 10.1 Å². The van der Waals surface area contributed by atoms with E-state index in [0.29, 0.717) is 13.2 Å². The molecule has 0 aromatic heterocycles. The predicted octanol–water partition coefficient (Wildman–Crippen LogP) is 2.36. The molecule has 0 radical (unpaired) electrons. The predicted molar refractivity (Wildman–Crippen MR) is 79.0 cm³/mol. The normalized spacial score (nSPS) is 11.0. The largest absolute Gasteiger partial charge is 0.385 e. The van der Waals surface area contributed by atoms with Crippen molar-refractivity contribution >= 4 is 12.0 Å². The maximum atomic E-state index is 11.9. The van der Waals surface area contributed by atoms with Crippen molar-refractivity contribution in [3.63, 3.8) is 0 Å². The first-order chi connectivity index (χ1) is 9.58. The van der Waals surface area contributed by atoms with E-state index in [1.54, 1.807) is 13.2 Å². The number of hydrogen-bond acceptors (Lipinski definition) is 3. The molecule has 0 saturated carbocycles. The molecule has 0 aliphatic carbocycles. The van der Waals surface area contributed by atoms with Gasteiger partial charge in [0.25, 0.3) is 5.91 Å². The molecule has 20 heavy (non-hydrogen) atoms. The molecule has 4 nitrogen and oxygen atoms in total.